The molecule has 0 saturated heterocycles. The van der Waals surface area contributed by atoms with Crippen LogP contribution < -0.4 is 5.32 Å². The summed E-state index contributed by atoms with van der Waals surface area (Å²) in [5, 5.41) is 2.94. The lowest BCUT2D eigenvalue weighted by Gasteiger charge is -2.06. The number of carbonyl (C=O) groups excluding carboxylic acids is 1. The van der Waals surface area contributed by atoms with Gasteiger partial charge in [0.25, 0.3) is 0 Å². The van der Waals surface area contributed by atoms with Crippen molar-refractivity contribution in [3.05, 3.63) is 52.9 Å². The predicted octanol–water partition coefficient (Wildman–Crippen LogP) is 3.41. The average molecular weight is 312 g/mol. The molecule has 2 N–H and O–H groups in total. The average Bonchev–Trinajstić information content (AvgIpc) is 3.17. The van der Waals surface area contributed by atoms with Crippen LogP contribution in [0, 0.1) is 6.92 Å². The zero-order chi connectivity index (χ0) is 15.4. The van der Waals surface area contributed by atoms with Crippen LogP contribution >= 0.6 is 11.3 Å². The molecule has 0 bridgehead atoms. The number of imidazole rings is 1. The number of hydrogen-bond donors (Lipinski definition) is 2. The van der Waals surface area contributed by atoms with E-state index in [4.69, 9.17) is 0 Å². The molecule has 0 unspecified atom stereocenters. The van der Waals surface area contributed by atoms with Gasteiger partial charge in [0.2, 0.25) is 5.91 Å². The Labute approximate surface area is 132 Å². The van der Waals surface area contributed by atoms with Crippen molar-refractivity contribution in [2.45, 2.75) is 19.8 Å². The molecule has 112 valence electrons. The molecular weight excluding hydrogens is 296 g/mol. The van der Waals surface area contributed by atoms with Crippen molar-refractivity contribution in [3.63, 3.8) is 0 Å². The summed E-state index contributed by atoms with van der Waals surface area (Å²) in [6.07, 6.45) is 4.57. The first kappa shape index (κ1) is 14.5. The lowest BCUT2D eigenvalue weighted by atomic mass is 10.1. The van der Waals surface area contributed by atoms with Crippen LogP contribution in [0.2, 0.25) is 0 Å². The molecular formula is C16H16N4OS. The standard InChI is InChI=1S/C16H16N4OS/c1-11-15(22-10-19-11)5-6-16(21)20-13-4-2-3-12(7-13)14-8-17-9-18-14/h2-4,7-10H,5-6H2,1H3,(H,17,18)(H,20,21). The minimum Gasteiger partial charge on any atom is -0.345 e. The van der Waals surface area contributed by atoms with Crippen LogP contribution in [0.15, 0.2) is 42.3 Å². The summed E-state index contributed by atoms with van der Waals surface area (Å²) in [6.45, 7) is 1.97. The number of carbonyl (C=O) groups is 1. The summed E-state index contributed by atoms with van der Waals surface area (Å²) in [7, 11) is 0. The zero-order valence-corrected chi connectivity index (χ0v) is 13.0. The molecule has 0 aliphatic carbocycles. The van der Waals surface area contributed by atoms with E-state index >= 15 is 0 Å². The quantitative estimate of drug-likeness (QED) is 0.758. The van der Waals surface area contributed by atoms with Crippen molar-refractivity contribution in [2.75, 3.05) is 5.32 Å². The smallest absolute Gasteiger partial charge is 0.224 e. The first-order chi connectivity index (χ1) is 10.7. The minimum atomic E-state index is 0.00885. The van der Waals surface area contributed by atoms with Crippen LogP contribution in [0.25, 0.3) is 11.3 Å². The molecule has 1 amide bonds. The summed E-state index contributed by atoms with van der Waals surface area (Å²) in [4.78, 5) is 24.5. The number of aromatic amines is 1. The third-order valence-electron chi connectivity index (χ3n) is 3.38. The maximum Gasteiger partial charge on any atom is 0.224 e. The number of aryl methyl sites for hydroxylation is 2. The minimum absolute atomic E-state index is 0.00885. The highest BCUT2D eigenvalue weighted by Crippen LogP contribution is 2.20. The fourth-order valence-electron chi connectivity index (χ4n) is 2.19. The van der Waals surface area contributed by atoms with E-state index in [1.54, 1.807) is 23.9 Å². The van der Waals surface area contributed by atoms with Gasteiger partial charge in [-0.2, -0.15) is 0 Å². The first-order valence-electron chi connectivity index (χ1n) is 7.00. The Hall–Kier alpha value is -2.47. The van der Waals surface area contributed by atoms with E-state index in [2.05, 4.69) is 20.3 Å². The lowest BCUT2D eigenvalue weighted by molar-refractivity contribution is -0.116. The molecule has 0 radical (unpaired) electrons. The van der Waals surface area contributed by atoms with E-state index in [0.29, 0.717) is 6.42 Å². The summed E-state index contributed by atoms with van der Waals surface area (Å²) >= 11 is 1.60. The van der Waals surface area contributed by atoms with Gasteiger partial charge < -0.3 is 10.3 Å². The normalized spacial score (nSPS) is 10.6. The second kappa shape index (κ2) is 6.53. The van der Waals surface area contributed by atoms with Crippen LogP contribution in [0.1, 0.15) is 17.0 Å². The van der Waals surface area contributed by atoms with Crippen molar-refractivity contribution in [1.29, 1.82) is 0 Å². The Kier molecular flexibility index (Phi) is 4.29. The molecule has 2 heterocycles. The molecule has 3 rings (SSSR count). The third kappa shape index (κ3) is 3.40. The fourth-order valence-corrected chi connectivity index (χ4v) is 2.98. The molecule has 1 aromatic carbocycles. The van der Waals surface area contributed by atoms with E-state index in [-0.39, 0.29) is 5.91 Å². The maximum atomic E-state index is 12.1. The number of H-pyrrole nitrogens is 1. The number of aromatic nitrogens is 3. The molecule has 0 saturated carbocycles. The monoisotopic (exact) mass is 312 g/mol. The van der Waals surface area contributed by atoms with E-state index in [1.807, 2.05) is 36.7 Å². The van der Waals surface area contributed by atoms with Gasteiger partial charge in [-0.3, -0.25) is 4.79 Å². The molecule has 0 spiro atoms. The lowest BCUT2D eigenvalue weighted by Crippen LogP contribution is -2.12. The summed E-state index contributed by atoms with van der Waals surface area (Å²) in [5.41, 5.74) is 5.54. The zero-order valence-electron chi connectivity index (χ0n) is 12.2. The van der Waals surface area contributed by atoms with Gasteiger partial charge in [-0.25, -0.2) is 9.97 Å². The van der Waals surface area contributed by atoms with Gasteiger partial charge in [0, 0.05) is 22.5 Å². The first-order valence-corrected chi connectivity index (χ1v) is 7.88. The maximum absolute atomic E-state index is 12.1. The van der Waals surface area contributed by atoms with Crippen molar-refractivity contribution >= 4 is 22.9 Å². The van der Waals surface area contributed by atoms with Gasteiger partial charge in [-0.05, 0) is 25.5 Å². The number of anilines is 1. The van der Waals surface area contributed by atoms with Gasteiger partial charge in [-0.1, -0.05) is 12.1 Å². The Morgan fingerprint density at radius 3 is 3.05 bits per heavy atom. The van der Waals surface area contributed by atoms with Crippen LogP contribution in [-0.4, -0.2) is 20.9 Å². The molecule has 2 aromatic heterocycles. The summed E-state index contributed by atoms with van der Waals surface area (Å²) in [5.74, 6) is 0.00885. The number of nitrogens with one attached hydrogen (secondary N) is 2. The third-order valence-corrected chi connectivity index (χ3v) is 4.37. The van der Waals surface area contributed by atoms with Gasteiger partial charge in [0.1, 0.15) is 0 Å². The molecule has 0 aliphatic heterocycles. The second-order valence-electron chi connectivity index (χ2n) is 4.96. The fraction of sp³-hybridized carbons (Fsp3) is 0.188. The summed E-state index contributed by atoms with van der Waals surface area (Å²) in [6, 6.07) is 7.71. The van der Waals surface area contributed by atoms with Gasteiger partial charge in [0.05, 0.1) is 29.4 Å². The predicted molar refractivity (Wildman–Crippen MR) is 87.8 cm³/mol. The molecule has 3 aromatic rings. The SMILES string of the molecule is Cc1ncsc1CCC(=O)Nc1cccc(-c2cnc[nH]2)c1. The topological polar surface area (TPSA) is 70.7 Å². The number of hydrogen-bond acceptors (Lipinski definition) is 4. The van der Waals surface area contributed by atoms with Crippen LogP contribution in [0.4, 0.5) is 5.69 Å². The van der Waals surface area contributed by atoms with E-state index in [0.717, 1.165) is 29.1 Å². The van der Waals surface area contributed by atoms with E-state index in [9.17, 15) is 4.79 Å². The van der Waals surface area contributed by atoms with Crippen LogP contribution in [0.5, 0.6) is 0 Å². The number of thiazole rings is 1. The summed E-state index contributed by atoms with van der Waals surface area (Å²) < 4.78 is 0. The van der Waals surface area contributed by atoms with E-state index in [1.165, 1.54) is 4.88 Å². The molecule has 0 aliphatic rings. The molecule has 5 nitrogen and oxygen atoms in total. The van der Waals surface area contributed by atoms with Gasteiger partial charge in [-0.15, -0.1) is 11.3 Å². The number of rotatable bonds is 5. The Morgan fingerprint density at radius 1 is 1.41 bits per heavy atom. The highest BCUT2D eigenvalue weighted by molar-refractivity contribution is 7.09. The molecule has 0 atom stereocenters. The number of benzene rings is 1. The highest BCUT2D eigenvalue weighted by atomic mass is 32.1. The number of amides is 1. The Bertz CT molecular complexity index is 764. The van der Waals surface area contributed by atoms with E-state index < -0.39 is 0 Å². The van der Waals surface area contributed by atoms with Crippen LogP contribution in [-0.2, 0) is 11.2 Å². The van der Waals surface area contributed by atoms with Crippen molar-refractivity contribution in [2.24, 2.45) is 0 Å². The van der Waals surface area contributed by atoms with Crippen molar-refractivity contribution in [3.8, 4) is 11.3 Å². The Balaban J connectivity index is 1.62. The second-order valence-corrected chi connectivity index (χ2v) is 5.89. The molecule has 22 heavy (non-hydrogen) atoms. The van der Waals surface area contributed by atoms with Gasteiger partial charge in [0.15, 0.2) is 0 Å². The highest BCUT2D eigenvalue weighted by Gasteiger charge is 2.07. The van der Waals surface area contributed by atoms with Gasteiger partial charge >= 0.3 is 0 Å². The molecule has 6 heteroatoms. The number of nitrogens with zero attached hydrogens (tertiary/aromatic N) is 2. The molecule has 0 fully saturated rings. The van der Waals surface area contributed by atoms with Crippen LogP contribution in [0.3, 0.4) is 0 Å². The van der Waals surface area contributed by atoms with Crippen molar-refractivity contribution in [1.82, 2.24) is 15.0 Å². The largest absolute Gasteiger partial charge is 0.345 e. The van der Waals surface area contributed by atoms with Crippen molar-refractivity contribution < 1.29 is 4.79 Å². The Morgan fingerprint density at radius 2 is 2.32 bits per heavy atom.